The van der Waals surface area contributed by atoms with Crippen LogP contribution < -0.4 is 15.2 Å². The van der Waals surface area contributed by atoms with Gasteiger partial charge >= 0.3 is 0 Å². The summed E-state index contributed by atoms with van der Waals surface area (Å²) < 4.78 is 32.0. The Hall–Kier alpha value is -4.12. The van der Waals surface area contributed by atoms with Crippen molar-refractivity contribution in [3.8, 4) is 34.6 Å². The van der Waals surface area contributed by atoms with Gasteiger partial charge in [0.1, 0.15) is 30.5 Å². The molecule has 166 valence electrons. The lowest BCUT2D eigenvalue weighted by Crippen LogP contribution is -2.31. The van der Waals surface area contributed by atoms with Gasteiger partial charge in [-0.2, -0.15) is 5.26 Å². The molecule has 7 nitrogen and oxygen atoms in total. The van der Waals surface area contributed by atoms with Gasteiger partial charge in [0, 0.05) is 11.1 Å². The van der Waals surface area contributed by atoms with Crippen LogP contribution in [0.3, 0.4) is 0 Å². The fourth-order valence-electron chi connectivity index (χ4n) is 3.95. The number of fused-ring (bicyclic) bond motifs is 4. The molecule has 0 fully saturated rings. The molecule has 0 unspecified atom stereocenters. The molecule has 0 radical (unpaired) electrons. The number of ether oxygens (including phenoxy) is 3. The van der Waals surface area contributed by atoms with Gasteiger partial charge in [0.05, 0.1) is 23.2 Å². The quantitative estimate of drug-likeness (QED) is 0.635. The van der Waals surface area contributed by atoms with Crippen molar-refractivity contribution in [2.45, 2.75) is 19.4 Å². The van der Waals surface area contributed by atoms with Crippen molar-refractivity contribution in [1.29, 1.82) is 5.26 Å². The van der Waals surface area contributed by atoms with Gasteiger partial charge in [-0.1, -0.05) is 24.3 Å². The largest absolute Gasteiger partial charge is 0.490 e. The number of pyridine rings is 1. The van der Waals surface area contributed by atoms with Crippen LogP contribution in [0.15, 0.2) is 59.7 Å². The highest BCUT2D eigenvalue weighted by atomic mass is 19.1. The Labute approximate surface area is 190 Å². The summed E-state index contributed by atoms with van der Waals surface area (Å²) in [4.78, 5) is 9.06. The molecule has 8 heteroatoms. The minimum absolute atomic E-state index is 0.0435. The fraction of sp³-hybridized carbons (Fsp3) is 0.240. The third kappa shape index (κ3) is 3.52. The maximum absolute atomic E-state index is 14.5. The minimum Gasteiger partial charge on any atom is -0.490 e. The SMILES string of the molecule is CC(C)(C#N)COc1cnc2c(c1)[C@]1(COC(N)=N1)c1cc(-c3ccccc3F)ccc1O2. The number of hydrogen-bond acceptors (Lipinski definition) is 7. The van der Waals surface area contributed by atoms with E-state index in [4.69, 9.17) is 19.9 Å². The van der Waals surface area contributed by atoms with Crippen molar-refractivity contribution in [2.75, 3.05) is 13.2 Å². The molecule has 1 aromatic heterocycles. The molecule has 0 aliphatic carbocycles. The van der Waals surface area contributed by atoms with Crippen molar-refractivity contribution in [3.63, 3.8) is 0 Å². The van der Waals surface area contributed by atoms with Gasteiger partial charge in [-0.3, -0.25) is 0 Å². The van der Waals surface area contributed by atoms with Crippen LogP contribution in [-0.2, 0) is 10.3 Å². The molecular weight excluding hydrogens is 423 g/mol. The van der Waals surface area contributed by atoms with Crippen LogP contribution in [0.1, 0.15) is 25.0 Å². The highest BCUT2D eigenvalue weighted by Crippen LogP contribution is 2.51. The summed E-state index contributed by atoms with van der Waals surface area (Å²) in [6, 6.07) is 16.0. The molecule has 0 bridgehead atoms. The molecule has 3 aromatic rings. The molecular formula is C25H21FN4O3. The molecule has 3 heterocycles. The first-order valence-electron chi connectivity index (χ1n) is 10.4. The predicted molar refractivity (Wildman–Crippen MR) is 119 cm³/mol. The standard InChI is InChI=1S/C25H21FN4O3/c1-24(2,12-27)13-31-16-10-19-22(29-11-16)33-21-8-7-15(17-5-3-4-6-20(17)26)9-18(21)25(19)14-32-23(28)30-25/h3-11H,13-14H2,1-2H3,(H2,28,30)/t25-/m0/s1. The van der Waals surface area contributed by atoms with E-state index in [1.807, 2.05) is 6.07 Å². The van der Waals surface area contributed by atoms with Crippen LogP contribution in [0.2, 0.25) is 0 Å². The van der Waals surface area contributed by atoms with Gasteiger partial charge in [0.2, 0.25) is 5.88 Å². The number of nitrogens with two attached hydrogens (primary N) is 1. The molecule has 2 aliphatic rings. The van der Waals surface area contributed by atoms with Crippen LogP contribution in [0, 0.1) is 22.6 Å². The van der Waals surface area contributed by atoms with Gasteiger partial charge < -0.3 is 19.9 Å². The summed E-state index contributed by atoms with van der Waals surface area (Å²) in [6.07, 6.45) is 1.54. The number of aliphatic imine (C=N–C) groups is 1. The maximum atomic E-state index is 14.5. The number of hydrogen-bond donors (Lipinski definition) is 1. The number of rotatable bonds is 4. The van der Waals surface area contributed by atoms with E-state index in [2.05, 4.69) is 16.0 Å². The van der Waals surface area contributed by atoms with Crippen LogP contribution in [0.4, 0.5) is 4.39 Å². The maximum Gasteiger partial charge on any atom is 0.283 e. The second-order valence-electron chi connectivity index (χ2n) is 8.70. The van der Waals surface area contributed by atoms with E-state index in [-0.39, 0.29) is 25.1 Å². The van der Waals surface area contributed by atoms with Crippen molar-refractivity contribution in [3.05, 3.63) is 71.7 Å². The normalized spacial score (nSPS) is 18.4. The summed E-state index contributed by atoms with van der Waals surface area (Å²) in [5.41, 5.74) is 6.70. The Kier molecular flexibility index (Phi) is 4.71. The Morgan fingerprint density at radius 2 is 2.03 bits per heavy atom. The number of halogens is 1. The first-order valence-corrected chi connectivity index (χ1v) is 10.4. The second kappa shape index (κ2) is 7.48. The number of aromatic nitrogens is 1. The highest BCUT2D eigenvalue weighted by Gasteiger charge is 2.48. The average molecular weight is 444 g/mol. The summed E-state index contributed by atoms with van der Waals surface area (Å²) >= 11 is 0. The van der Waals surface area contributed by atoms with Crippen molar-refractivity contribution in [2.24, 2.45) is 16.1 Å². The molecule has 1 spiro atoms. The molecule has 5 rings (SSSR count). The Morgan fingerprint density at radius 1 is 1.21 bits per heavy atom. The zero-order valence-electron chi connectivity index (χ0n) is 18.1. The Balaban J connectivity index is 1.62. The number of benzene rings is 2. The third-order valence-electron chi connectivity index (χ3n) is 5.72. The Bertz CT molecular complexity index is 1330. The van der Waals surface area contributed by atoms with Crippen molar-refractivity contribution in [1.82, 2.24) is 4.98 Å². The first-order chi connectivity index (χ1) is 15.8. The lowest BCUT2D eigenvalue weighted by Gasteiger charge is -2.33. The number of nitrogens with zero attached hydrogens (tertiary/aromatic N) is 3. The van der Waals surface area contributed by atoms with E-state index >= 15 is 0 Å². The monoisotopic (exact) mass is 444 g/mol. The molecule has 0 saturated carbocycles. The lowest BCUT2D eigenvalue weighted by molar-refractivity contribution is 0.223. The lowest BCUT2D eigenvalue weighted by atomic mass is 9.81. The van der Waals surface area contributed by atoms with Crippen molar-refractivity contribution >= 4 is 6.02 Å². The highest BCUT2D eigenvalue weighted by molar-refractivity contribution is 5.77. The van der Waals surface area contributed by atoms with Crippen LogP contribution in [0.25, 0.3) is 11.1 Å². The molecule has 2 N–H and O–H groups in total. The fourth-order valence-corrected chi connectivity index (χ4v) is 3.95. The van der Waals surface area contributed by atoms with E-state index in [0.717, 1.165) is 0 Å². The predicted octanol–water partition coefficient (Wildman–Crippen LogP) is 4.51. The summed E-state index contributed by atoms with van der Waals surface area (Å²) in [6.45, 7) is 3.91. The molecule has 0 amide bonds. The molecule has 2 aromatic carbocycles. The van der Waals surface area contributed by atoms with E-state index in [9.17, 15) is 9.65 Å². The zero-order chi connectivity index (χ0) is 23.2. The van der Waals surface area contributed by atoms with Crippen molar-refractivity contribution < 1.29 is 18.6 Å². The smallest absolute Gasteiger partial charge is 0.283 e. The minimum atomic E-state index is -1.02. The first kappa shape index (κ1) is 20.8. The number of nitriles is 1. The van der Waals surface area contributed by atoms with Crippen LogP contribution in [-0.4, -0.2) is 24.2 Å². The molecule has 0 saturated heterocycles. The topological polar surface area (TPSA) is 103 Å². The summed E-state index contributed by atoms with van der Waals surface area (Å²) in [7, 11) is 0. The summed E-state index contributed by atoms with van der Waals surface area (Å²) in [5.74, 6) is 1.03. The molecule has 2 aliphatic heterocycles. The van der Waals surface area contributed by atoms with Crippen LogP contribution >= 0.6 is 0 Å². The zero-order valence-corrected chi connectivity index (χ0v) is 18.1. The van der Waals surface area contributed by atoms with Gasteiger partial charge in [-0.15, -0.1) is 0 Å². The summed E-state index contributed by atoms with van der Waals surface area (Å²) in [5, 5.41) is 9.27. The van der Waals surface area contributed by atoms with Gasteiger partial charge in [-0.05, 0) is 43.7 Å². The molecule has 1 atom stereocenters. The van der Waals surface area contributed by atoms with Gasteiger partial charge in [-0.25, -0.2) is 14.4 Å². The van der Waals surface area contributed by atoms with Crippen LogP contribution in [0.5, 0.6) is 17.4 Å². The average Bonchev–Trinajstić information content (AvgIpc) is 3.20. The molecule has 33 heavy (non-hydrogen) atoms. The van der Waals surface area contributed by atoms with E-state index < -0.39 is 11.0 Å². The van der Waals surface area contributed by atoms with Gasteiger partial charge in [0.15, 0.2) is 5.54 Å². The van der Waals surface area contributed by atoms with Gasteiger partial charge in [0.25, 0.3) is 6.02 Å². The third-order valence-corrected chi connectivity index (χ3v) is 5.72. The van der Waals surface area contributed by atoms with E-state index in [0.29, 0.717) is 39.6 Å². The second-order valence-corrected chi connectivity index (χ2v) is 8.70. The van der Waals surface area contributed by atoms with E-state index in [1.165, 1.54) is 6.07 Å². The number of amidine groups is 1. The van der Waals surface area contributed by atoms with E-state index in [1.54, 1.807) is 56.4 Å². The Morgan fingerprint density at radius 3 is 2.76 bits per heavy atom.